The van der Waals surface area contributed by atoms with Crippen LogP contribution >= 0.6 is 0 Å². The Kier molecular flexibility index (Phi) is 4.74. The topological polar surface area (TPSA) is 42.2 Å². The van der Waals surface area contributed by atoms with Gasteiger partial charge in [0.05, 0.1) is 5.56 Å². The monoisotopic (exact) mass is 396 g/mol. The van der Waals surface area contributed by atoms with E-state index in [0.29, 0.717) is 17.1 Å². The van der Waals surface area contributed by atoms with Crippen LogP contribution in [0.15, 0.2) is 66.7 Å². The lowest BCUT2D eigenvalue weighted by molar-refractivity contribution is -0.140. The van der Waals surface area contributed by atoms with Gasteiger partial charge in [-0.1, -0.05) is 60.7 Å². The van der Waals surface area contributed by atoms with E-state index in [1.165, 1.54) is 4.52 Å². The van der Waals surface area contributed by atoms with Crippen LogP contribution in [0.25, 0.3) is 16.8 Å². The molecule has 0 aliphatic carbocycles. The van der Waals surface area contributed by atoms with Crippen molar-refractivity contribution < 1.29 is 13.2 Å². The van der Waals surface area contributed by atoms with Gasteiger partial charge in [-0.15, -0.1) is 0 Å². The summed E-state index contributed by atoms with van der Waals surface area (Å²) >= 11 is 0. The standard InChI is InChI=1S/C22H19F3N4/c1-14-13-18(27-15(2)16-9-5-3-6-10-16)29-21(26-14)19(17-11-7-4-8-12-17)20(28-29)22(23,24)25/h3-13,15,27H,1-2H3. The Morgan fingerprint density at radius 2 is 1.59 bits per heavy atom. The fourth-order valence-electron chi connectivity index (χ4n) is 3.36. The van der Waals surface area contributed by atoms with Crippen molar-refractivity contribution in [2.45, 2.75) is 26.1 Å². The van der Waals surface area contributed by atoms with E-state index in [1.54, 1.807) is 43.3 Å². The van der Waals surface area contributed by atoms with Crippen LogP contribution in [0.4, 0.5) is 19.0 Å². The molecule has 148 valence electrons. The summed E-state index contributed by atoms with van der Waals surface area (Å²) in [7, 11) is 0. The second kappa shape index (κ2) is 7.24. The molecule has 29 heavy (non-hydrogen) atoms. The molecule has 0 radical (unpaired) electrons. The molecule has 2 heterocycles. The molecule has 4 aromatic rings. The fraction of sp³-hybridized carbons (Fsp3) is 0.182. The summed E-state index contributed by atoms with van der Waals surface area (Å²) in [5, 5.41) is 7.19. The first-order chi connectivity index (χ1) is 13.8. The van der Waals surface area contributed by atoms with E-state index >= 15 is 0 Å². The van der Waals surface area contributed by atoms with Gasteiger partial charge >= 0.3 is 6.18 Å². The Labute approximate surface area is 166 Å². The van der Waals surface area contributed by atoms with Gasteiger partial charge in [-0.2, -0.15) is 22.8 Å². The largest absolute Gasteiger partial charge is 0.435 e. The number of nitrogens with zero attached hydrogens (tertiary/aromatic N) is 3. The van der Waals surface area contributed by atoms with Crippen LogP contribution < -0.4 is 5.32 Å². The normalized spacial score (nSPS) is 12.9. The summed E-state index contributed by atoms with van der Waals surface area (Å²) in [6.45, 7) is 3.70. The minimum atomic E-state index is -4.60. The van der Waals surface area contributed by atoms with E-state index in [0.717, 1.165) is 5.56 Å². The summed E-state index contributed by atoms with van der Waals surface area (Å²) in [6.07, 6.45) is -4.60. The predicted molar refractivity (Wildman–Crippen MR) is 107 cm³/mol. The number of rotatable bonds is 4. The molecular formula is C22H19F3N4. The van der Waals surface area contributed by atoms with Gasteiger partial charge in [-0.25, -0.2) is 4.98 Å². The first kappa shape index (κ1) is 19.0. The molecule has 0 bridgehead atoms. The maximum Gasteiger partial charge on any atom is 0.435 e. The third-order valence-corrected chi connectivity index (χ3v) is 4.71. The molecule has 7 heteroatoms. The molecule has 1 unspecified atom stereocenters. The van der Waals surface area contributed by atoms with Crippen molar-refractivity contribution in [1.82, 2.24) is 14.6 Å². The number of halogens is 3. The molecule has 0 amide bonds. The van der Waals surface area contributed by atoms with Gasteiger partial charge in [0.15, 0.2) is 11.3 Å². The van der Waals surface area contributed by atoms with Crippen molar-refractivity contribution >= 4 is 11.5 Å². The molecule has 4 rings (SSSR count). The fourth-order valence-corrected chi connectivity index (χ4v) is 3.36. The molecule has 0 spiro atoms. The number of anilines is 1. The Bertz CT molecular complexity index is 1140. The molecule has 2 aromatic carbocycles. The van der Waals surface area contributed by atoms with Crippen molar-refractivity contribution in [2.24, 2.45) is 0 Å². The maximum absolute atomic E-state index is 13.8. The molecule has 1 atom stereocenters. The minimum Gasteiger partial charge on any atom is -0.363 e. The Morgan fingerprint density at radius 3 is 2.21 bits per heavy atom. The van der Waals surface area contributed by atoms with Gasteiger partial charge in [0, 0.05) is 17.8 Å². The van der Waals surface area contributed by atoms with E-state index in [1.807, 2.05) is 37.3 Å². The van der Waals surface area contributed by atoms with Crippen LogP contribution in [0, 0.1) is 6.92 Å². The minimum absolute atomic E-state index is 0.0165. The number of aromatic nitrogens is 3. The van der Waals surface area contributed by atoms with E-state index in [2.05, 4.69) is 15.4 Å². The first-order valence-electron chi connectivity index (χ1n) is 9.19. The van der Waals surface area contributed by atoms with Crippen molar-refractivity contribution in [3.05, 3.63) is 83.7 Å². The van der Waals surface area contributed by atoms with Gasteiger partial charge in [-0.3, -0.25) is 0 Å². The lowest BCUT2D eigenvalue weighted by atomic mass is 10.1. The van der Waals surface area contributed by atoms with Crippen LogP contribution in [0.2, 0.25) is 0 Å². The first-order valence-corrected chi connectivity index (χ1v) is 9.19. The number of nitrogens with one attached hydrogen (secondary N) is 1. The molecular weight excluding hydrogens is 377 g/mol. The lowest BCUT2D eigenvalue weighted by Crippen LogP contribution is -2.12. The quantitative estimate of drug-likeness (QED) is 0.467. The SMILES string of the molecule is Cc1cc(NC(C)c2ccccc2)n2nc(C(F)(F)F)c(-c3ccccc3)c2n1. The zero-order valence-corrected chi connectivity index (χ0v) is 15.9. The predicted octanol–water partition coefficient (Wildman–Crippen LogP) is 5.90. The second-order valence-electron chi connectivity index (χ2n) is 6.88. The smallest absolute Gasteiger partial charge is 0.363 e. The van der Waals surface area contributed by atoms with Crippen LogP contribution in [-0.2, 0) is 6.18 Å². The average Bonchev–Trinajstić information content (AvgIpc) is 3.09. The van der Waals surface area contributed by atoms with Crippen molar-refractivity contribution in [2.75, 3.05) is 5.32 Å². The van der Waals surface area contributed by atoms with Gasteiger partial charge < -0.3 is 5.32 Å². The summed E-state index contributed by atoms with van der Waals surface area (Å²) in [5.41, 5.74) is 1.25. The van der Waals surface area contributed by atoms with Crippen LogP contribution in [0.3, 0.4) is 0 Å². The number of fused-ring (bicyclic) bond motifs is 1. The number of alkyl halides is 3. The highest BCUT2D eigenvalue weighted by Gasteiger charge is 2.39. The molecule has 0 aliphatic heterocycles. The van der Waals surface area contributed by atoms with Crippen molar-refractivity contribution in [1.29, 1.82) is 0 Å². The Balaban J connectivity index is 1.90. The molecule has 0 fully saturated rings. The summed E-state index contributed by atoms with van der Waals surface area (Å²) in [5.74, 6) is 0.455. The molecule has 4 nitrogen and oxygen atoms in total. The average molecular weight is 396 g/mol. The zero-order chi connectivity index (χ0) is 20.6. The van der Waals surface area contributed by atoms with Crippen LogP contribution in [0.1, 0.15) is 29.9 Å². The van der Waals surface area contributed by atoms with Gasteiger partial charge in [-0.05, 0) is 25.0 Å². The van der Waals surface area contributed by atoms with Crippen LogP contribution in [-0.4, -0.2) is 14.6 Å². The highest BCUT2D eigenvalue weighted by Crippen LogP contribution is 2.39. The van der Waals surface area contributed by atoms with E-state index in [9.17, 15) is 13.2 Å². The molecule has 0 saturated carbocycles. The van der Waals surface area contributed by atoms with E-state index in [4.69, 9.17) is 0 Å². The number of aryl methyl sites for hydroxylation is 1. The second-order valence-corrected chi connectivity index (χ2v) is 6.88. The molecule has 2 aromatic heterocycles. The lowest BCUT2D eigenvalue weighted by Gasteiger charge is -2.17. The number of hydrogen-bond donors (Lipinski definition) is 1. The number of hydrogen-bond acceptors (Lipinski definition) is 3. The number of benzene rings is 2. The molecule has 1 N–H and O–H groups in total. The van der Waals surface area contributed by atoms with Crippen LogP contribution in [0.5, 0.6) is 0 Å². The third-order valence-electron chi connectivity index (χ3n) is 4.71. The molecule has 0 aliphatic rings. The van der Waals surface area contributed by atoms with E-state index < -0.39 is 11.9 Å². The summed E-state index contributed by atoms with van der Waals surface area (Å²) < 4.78 is 42.7. The summed E-state index contributed by atoms with van der Waals surface area (Å²) in [4.78, 5) is 4.39. The zero-order valence-electron chi connectivity index (χ0n) is 15.9. The summed E-state index contributed by atoms with van der Waals surface area (Å²) in [6, 6.07) is 19.7. The van der Waals surface area contributed by atoms with Gasteiger partial charge in [0.25, 0.3) is 0 Å². The van der Waals surface area contributed by atoms with E-state index in [-0.39, 0.29) is 17.3 Å². The molecule has 0 saturated heterocycles. The highest BCUT2D eigenvalue weighted by atomic mass is 19.4. The Hall–Kier alpha value is -3.35. The van der Waals surface area contributed by atoms with Crippen molar-refractivity contribution in [3.8, 4) is 11.1 Å². The van der Waals surface area contributed by atoms with Gasteiger partial charge in [0.1, 0.15) is 5.82 Å². The van der Waals surface area contributed by atoms with Crippen molar-refractivity contribution in [3.63, 3.8) is 0 Å². The van der Waals surface area contributed by atoms with Gasteiger partial charge in [0.2, 0.25) is 0 Å². The maximum atomic E-state index is 13.8. The Morgan fingerprint density at radius 1 is 0.966 bits per heavy atom. The third kappa shape index (κ3) is 3.68. The highest BCUT2D eigenvalue weighted by molar-refractivity contribution is 5.81.